The number of benzene rings is 6. The molecule has 0 fully saturated rings. The minimum Gasteiger partial charge on any atom is -0.264 e. The van der Waals surface area contributed by atoms with Gasteiger partial charge in [0.15, 0.2) is 0 Å². The van der Waals surface area contributed by atoms with E-state index < -0.39 is 0 Å². The van der Waals surface area contributed by atoms with Gasteiger partial charge in [-0.1, -0.05) is 292 Å². The summed E-state index contributed by atoms with van der Waals surface area (Å²) < 4.78 is 0. The molecule has 0 unspecified atom stereocenters. The van der Waals surface area contributed by atoms with E-state index in [0.717, 1.165) is 27.8 Å². The lowest BCUT2D eigenvalue weighted by Crippen LogP contribution is -2.13. The third-order valence-corrected chi connectivity index (χ3v) is 11.0. The number of pyridine rings is 6. The third-order valence-electron chi connectivity index (χ3n) is 11.0. The molecule has 6 heterocycles. The molecule has 0 saturated heterocycles. The topological polar surface area (TPSA) is 77.3 Å². The zero-order valence-electron chi connectivity index (χ0n) is 57.8. The minimum atomic E-state index is 0.129. The molecule has 0 bridgehead atoms. The van der Waals surface area contributed by atoms with Gasteiger partial charge in [0.1, 0.15) is 0 Å². The summed E-state index contributed by atoms with van der Waals surface area (Å²) in [7, 11) is 0. The summed E-state index contributed by atoms with van der Waals surface area (Å²) in [5, 5.41) is 9.71. The normalized spacial score (nSPS) is 11.1. The van der Waals surface area contributed by atoms with Gasteiger partial charge in [0.05, 0.1) is 22.1 Å². The summed E-state index contributed by atoms with van der Waals surface area (Å²) in [4.78, 5) is 25.4. The molecule has 6 nitrogen and oxygen atoms in total. The van der Waals surface area contributed by atoms with Gasteiger partial charge >= 0.3 is 0 Å². The summed E-state index contributed by atoms with van der Waals surface area (Å²) in [5.41, 5.74) is 9.10. The molecule has 6 aromatic heterocycles. The number of nitrogens with zero attached hydrogens (tertiary/aromatic N) is 6. The number of rotatable bonds is 0. The first kappa shape index (κ1) is 74.0. The van der Waals surface area contributed by atoms with Crippen LogP contribution < -0.4 is 0 Å². The van der Waals surface area contributed by atoms with Crippen LogP contribution in [0.1, 0.15) is 164 Å². The summed E-state index contributed by atoms with van der Waals surface area (Å²) >= 11 is 0. The maximum Gasteiger partial charge on any atom is 0.0705 e. The lowest BCUT2D eigenvalue weighted by molar-refractivity contribution is 0.469. The van der Waals surface area contributed by atoms with Gasteiger partial charge in [0.25, 0.3) is 0 Å². The van der Waals surface area contributed by atoms with Crippen molar-refractivity contribution in [3.05, 3.63) is 255 Å². The Morgan fingerprint density at radius 2 is 0.511 bits per heavy atom. The molecule has 6 aromatic carbocycles. The van der Waals surface area contributed by atoms with Crippen LogP contribution in [0.15, 0.2) is 244 Å². The van der Waals surface area contributed by atoms with Crippen LogP contribution in [0.2, 0.25) is 0 Å². The molecule has 12 aromatic rings. The second-order valence-electron chi connectivity index (χ2n) is 30.1. The maximum atomic E-state index is 4.65. The van der Waals surface area contributed by atoms with Gasteiger partial charge in [0.2, 0.25) is 0 Å². The molecule has 0 amide bonds. The molecule has 0 aliphatic heterocycles. The number of para-hydroxylation sites is 3. The lowest BCUT2D eigenvalue weighted by atomic mass is 9.86. The Hall–Kier alpha value is -8.22. The van der Waals surface area contributed by atoms with Crippen molar-refractivity contribution < 1.29 is 0 Å². The monoisotopic (exact) mass is 1170 g/mol. The SMILES string of the molecule is CC(C)(C)C.CC(C)(C)C.CC(C)(C)C.CC(C)(C)C.CC(C)(C)c1ccc2ccccc2n1.CC(C)(C)c1ccc2cccnc2c1.c1ccc2cnccc2c1.c1ccc2cnccc2c1.c1ccc2ncccc2c1.c1ccc2ncccc2c1. The van der Waals surface area contributed by atoms with Gasteiger partial charge in [-0.2, -0.15) is 0 Å². The maximum absolute atomic E-state index is 4.65. The van der Waals surface area contributed by atoms with Crippen LogP contribution in [0.5, 0.6) is 0 Å². The Labute approximate surface area is 531 Å². The number of hydrogen-bond acceptors (Lipinski definition) is 6. The Balaban J connectivity index is 0.000000262. The van der Waals surface area contributed by atoms with E-state index in [1.54, 1.807) is 0 Å². The molecule has 0 aliphatic rings. The van der Waals surface area contributed by atoms with Crippen LogP contribution in [0, 0.1) is 21.7 Å². The van der Waals surface area contributed by atoms with E-state index in [4.69, 9.17) is 0 Å². The fourth-order valence-corrected chi connectivity index (χ4v) is 7.10. The highest BCUT2D eigenvalue weighted by Crippen LogP contribution is 2.26. The van der Waals surface area contributed by atoms with Crippen molar-refractivity contribution >= 4 is 65.2 Å². The first-order valence-corrected chi connectivity index (χ1v) is 30.9. The standard InChI is InChI=1S/2C13H15N.4C9H7N.4C5H12/c1-13(2,3)11-7-6-10-5-4-8-14-12(10)9-11;1-13(2,3)12-9-8-10-6-4-5-7-11(10)14-12;2*1-2-6-9-8(4-1)5-3-7-10-9;2*1-2-4-9-7-10-6-5-8(9)3-1;4*1-5(2,3)4/h2*4-9H,1-3H3;4*1-7H;4*1-4H3. The van der Waals surface area contributed by atoms with E-state index in [9.17, 15) is 0 Å². The van der Waals surface area contributed by atoms with Crippen LogP contribution in [-0.4, -0.2) is 29.9 Å². The summed E-state index contributed by atoms with van der Waals surface area (Å²) in [6.45, 7) is 48.2. The highest BCUT2D eigenvalue weighted by molar-refractivity contribution is 5.83. The summed E-state index contributed by atoms with van der Waals surface area (Å²) in [6.07, 6.45) is 12.8. The van der Waals surface area contributed by atoms with E-state index >= 15 is 0 Å². The van der Waals surface area contributed by atoms with Gasteiger partial charge in [0, 0.05) is 76.0 Å². The van der Waals surface area contributed by atoms with Crippen LogP contribution in [0.4, 0.5) is 0 Å². The molecule has 0 aliphatic carbocycles. The van der Waals surface area contributed by atoms with Crippen molar-refractivity contribution in [2.24, 2.45) is 21.7 Å². The quantitative estimate of drug-likeness (QED) is 0.151. The van der Waals surface area contributed by atoms with Crippen molar-refractivity contribution in [2.45, 2.75) is 163 Å². The van der Waals surface area contributed by atoms with E-state index in [-0.39, 0.29) is 10.8 Å². The van der Waals surface area contributed by atoms with E-state index in [1.807, 2.05) is 147 Å². The van der Waals surface area contributed by atoms with Crippen LogP contribution in [0.3, 0.4) is 0 Å². The Kier molecular flexibility index (Phi) is 29.9. The predicted octanol–water partition coefficient (Wildman–Crippen LogP) is 24.2. The van der Waals surface area contributed by atoms with E-state index in [2.05, 4.69) is 279 Å². The molecule has 0 spiro atoms. The lowest BCUT2D eigenvalue weighted by Gasteiger charge is -2.19. The smallest absolute Gasteiger partial charge is 0.0705 e. The van der Waals surface area contributed by atoms with Crippen LogP contribution in [-0.2, 0) is 10.8 Å². The number of hydrogen-bond donors (Lipinski definition) is 0. The Bertz CT molecular complexity index is 3170. The van der Waals surface area contributed by atoms with E-state index in [1.165, 1.54) is 48.7 Å². The molecule has 6 heteroatoms. The van der Waals surface area contributed by atoms with Crippen molar-refractivity contribution in [2.75, 3.05) is 0 Å². The van der Waals surface area contributed by atoms with Crippen molar-refractivity contribution in [3.8, 4) is 0 Å². The van der Waals surface area contributed by atoms with Crippen LogP contribution >= 0.6 is 0 Å². The van der Waals surface area contributed by atoms with Gasteiger partial charge in [-0.25, -0.2) is 0 Å². The largest absolute Gasteiger partial charge is 0.264 e. The summed E-state index contributed by atoms with van der Waals surface area (Å²) in [5.74, 6) is 0. The molecular weight excluding hydrogens is 1070 g/mol. The van der Waals surface area contributed by atoms with Gasteiger partial charge in [-0.05, 0) is 115 Å². The van der Waals surface area contributed by atoms with Crippen molar-refractivity contribution in [1.29, 1.82) is 0 Å². The second kappa shape index (κ2) is 35.6. The average molecular weight is 1180 g/mol. The molecule has 0 atom stereocenters. The average Bonchev–Trinajstić information content (AvgIpc) is 2.54. The minimum absolute atomic E-state index is 0.129. The highest BCUT2D eigenvalue weighted by atomic mass is 14.7. The third kappa shape index (κ3) is 34.2. The predicted molar refractivity (Wildman–Crippen MR) is 388 cm³/mol. The summed E-state index contributed by atoms with van der Waals surface area (Å²) in [6, 6.07) is 67.6. The van der Waals surface area contributed by atoms with Crippen LogP contribution in [0.25, 0.3) is 65.2 Å². The molecular formula is C82H106N6. The Morgan fingerprint density at radius 3 is 0.852 bits per heavy atom. The van der Waals surface area contributed by atoms with Crippen molar-refractivity contribution in [3.63, 3.8) is 0 Å². The molecule has 0 saturated carbocycles. The van der Waals surface area contributed by atoms with E-state index in [0.29, 0.717) is 21.7 Å². The molecule has 88 heavy (non-hydrogen) atoms. The second-order valence-corrected chi connectivity index (χ2v) is 30.1. The van der Waals surface area contributed by atoms with Gasteiger partial charge < -0.3 is 0 Å². The molecule has 0 radical (unpaired) electrons. The zero-order chi connectivity index (χ0) is 65.6. The van der Waals surface area contributed by atoms with Crippen molar-refractivity contribution in [1.82, 2.24) is 29.9 Å². The number of fused-ring (bicyclic) bond motifs is 6. The van der Waals surface area contributed by atoms with Gasteiger partial charge in [-0.3, -0.25) is 29.9 Å². The van der Waals surface area contributed by atoms with Gasteiger partial charge in [-0.15, -0.1) is 0 Å². The first-order valence-electron chi connectivity index (χ1n) is 30.9. The molecule has 464 valence electrons. The Morgan fingerprint density at radius 1 is 0.227 bits per heavy atom. The highest BCUT2D eigenvalue weighted by Gasteiger charge is 2.15. The first-order chi connectivity index (χ1) is 41.0. The zero-order valence-corrected chi connectivity index (χ0v) is 57.8. The molecule has 0 N–H and O–H groups in total. The fourth-order valence-electron chi connectivity index (χ4n) is 7.10. The molecule has 12 rings (SSSR count). The fraction of sp³-hybridized carbons (Fsp3) is 0.341. The number of aromatic nitrogens is 6.